The molecule has 1 aromatic carbocycles. The Hall–Kier alpha value is -1.63. The monoisotopic (exact) mass is 347 g/mol. The molecule has 1 N–H and O–H groups in total. The molecule has 0 aliphatic carbocycles. The highest BCUT2D eigenvalue weighted by atomic mass is 16.5. The lowest BCUT2D eigenvalue weighted by Gasteiger charge is -2.36. The summed E-state index contributed by atoms with van der Waals surface area (Å²) in [7, 11) is 1.69. The molecule has 0 unspecified atom stereocenters. The van der Waals surface area contributed by atoms with Crippen LogP contribution in [0.5, 0.6) is 0 Å². The molecule has 25 heavy (non-hydrogen) atoms. The van der Waals surface area contributed by atoms with Crippen LogP contribution >= 0.6 is 0 Å². The van der Waals surface area contributed by atoms with Gasteiger partial charge in [0.05, 0.1) is 25.3 Å². The van der Waals surface area contributed by atoms with Crippen molar-refractivity contribution >= 4 is 11.6 Å². The zero-order valence-electron chi connectivity index (χ0n) is 15.2. The van der Waals surface area contributed by atoms with E-state index in [4.69, 9.17) is 9.47 Å². The van der Waals surface area contributed by atoms with E-state index in [1.54, 1.807) is 7.11 Å². The number of hydrogen-bond donors (Lipinski definition) is 1. The summed E-state index contributed by atoms with van der Waals surface area (Å²) in [5.41, 5.74) is 2.55. The van der Waals surface area contributed by atoms with Crippen molar-refractivity contribution in [3.8, 4) is 0 Å². The van der Waals surface area contributed by atoms with Crippen LogP contribution in [0.1, 0.15) is 12.0 Å². The highest BCUT2D eigenvalue weighted by molar-refractivity contribution is 5.78. The summed E-state index contributed by atoms with van der Waals surface area (Å²) in [6, 6.07) is 8.55. The Kier molecular flexibility index (Phi) is 6.29. The molecule has 0 saturated carbocycles. The van der Waals surface area contributed by atoms with Crippen LogP contribution in [0.15, 0.2) is 24.3 Å². The SMILES string of the molecule is CO[C@@H]1CCOC[C@H]1NC(=O)CN1CCN(c2cccc(C)c2)CC1. The molecule has 3 rings (SSSR count). The second-order valence-electron chi connectivity index (χ2n) is 6.91. The van der Waals surface area contributed by atoms with Crippen LogP contribution in [0.25, 0.3) is 0 Å². The zero-order chi connectivity index (χ0) is 17.6. The molecule has 0 bridgehead atoms. The number of hydrogen-bond acceptors (Lipinski definition) is 5. The fourth-order valence-corrected chi connectivity index (χ4v) is 3.58. The number of amides is 1. The van der Waals surface area contributed by atoms with Gasteiger partial charge in [0.2, 0.25) is 5.91 Å². The molecule has 6 nitrogen and oxygen atoms in total. The summed E-state index contributed by atoms with van der Waals surface area (Å²) in [5.74, 6) is 0.0570. The van der Waals surface area contributed by atoms with E-state index in [-0.39, 0.29) is 18.1 Å². The Morgan fingerprint density at radius 2 is 2.12 bits per heavy atom. The predicted molar refractivity (Wildman–Crippen MR) is 98.0 cm³/mol. The second-order valence-corrected chi connectivity index (χ2v) is 6.91. The van der Waals surface area contributed by atoms with Crippen molar-refractivity contribution in [1.29, 1.82) is 0 Å². The molecule has 2 aliphatic heterocycles. The minimum Gasteiger partial charge on any atom is -0.379 e. The first-order valence-electron chi connectivity index (χ1n) is 9.09. The molecule has 0 aromatic heterocycles. The average Bonchev–Trinajstić information content (AvgIpc) is 2.63. The summed E-state index contributed by atoms with van der Waals surface area (Å²) in [5, 5.41) is 3.07. The number of carbonyl (C=O) groups excluding carboxylic acids is 1. The van der Waals surface area contributed by atoms with Crippen LogP contribution in [0.4, 0.5) is 5.69 Å². The molecule has 6 heteroatoms. The van der Waals surface area contributed by atoms with Crippen LogP contribution in [0.2, 0.25) is 0 Å². The van der Waals surface area contributed by atoms with Crippen molar-refractivity contribution in [1.82, 2.24) is 10.2 Å². The van der Waals surface area contributed by atoms with Gasteiger partial charge in [-0.15, -0.1) is 0 Å². The van der Waals surface area contributed by atoms with E-state index in [0.717, 1.165) is 32.6 Å². The minimum absolute atomic E-state index is 0.0418. The van der Waals surface area contributed by atoms with Gasteiger partial charge >= 0.3 is 0 Å². The van der Waals surface area contributed by atoms with Gasteiger partial charge < -0.3 is 19.7 Å². The molecule has 2 heterocycles. The average molecular weight is 347 g/mol. The molecule has 2 atom stereocenters. The summed E-state index contributed by atoms with van der Waals surface area (Å²) >= 11 is 0. The largest absolute Gasteiger partial charge is 0.379 e. The molecule has 1 aromatic rings. The smallest absolute Gasteiger partial charge is 0.234 e. The number of aryl methyl sites for hydroxylation is 1. The quantitative estimate of drug-likeness (QED) is 0.862. The van der Waals surface area contributed by atoms with E-state index in [9.17, 15) is 4.79 Å². The highest BCUT2D eigenvalue weighted by Crippen LogP contribution is 2.17. The molecule has 138 valence electrons. The second kappa shape index (κ2) is 8.65. The molecule has 2 fully saturated rings. The lowest BCUT2D eigenvalue weighted by atomic mass is 10.1. The van der Waals surface area contributed by atoms with Crippen LogP contribution in [-0.4, -0.2) is 76.0 Å². The number of carbonyl (C=O) groups is 1. The molecule has 0 radical (unpaired) electrons. The lowest BCUT2D eigenvalue weighted by Crippen LogP contribution is -2.54. The fraction of sp³-hybridized carbons (Fsp3) is 0.632. The van der Waals surface area contributed by atoms with Gasteiger partial charge in [0.1, 0.15) is 0 Å². The molecular formula is C19H29N3O3. The Balaban J connectivity index is 1.44. The van der Waals surface area contributed by atoms with Crippen molar-refractivity contribution < 1.29 is 14.3 Å². The van der Waals surface area contributed by atoms with Gasteiger partial charge in [-0.2, -0.15) is 0 Å². The first-order valence-corrected chi connectivity index (χ1v) is 9.09. The van der Waals surface area contributed by atoms with Gasteiger partial charge in [0.15, 0.2) is 0 Å². The topological polar surface area (TPSA) is 54.0 Å². The van der Waals surface area contributed by atoms with Crippen LogP contribution in [-0.2, 0) is 14.3 Å². The maximum Gasteiger partial charge on any atom is 0.234 e. The number of anilines is 1. The Morgan fingerprint density at radius 3 is 2.84 bits per heavy atom. The summed E-state index contributed by atoms with van der Waals surface area (Å²) in [4.78, 5) is 17.0. The number of ether oxygens (including phenoxy) is 2. The van der Waals surface area contributed by atoms with E-state index < -0.39 is 0 Å². The number of benzene rings is 1. The zero-order valence-corrected chi connectivity index (χ0v) is 15.2. The van der Waals surface area contributed by atoms with Crippen LogP contribution < -0.4 is 10.2 Å². The Morgan fingerprint density at radius 1 is 1.32 bits per heavy atom. The predicted octanol–water partition coefficient (Wildman–Crippen LogP) is 1.04. The van der Waals surface area contributed by atoms with E-state index in [0.29, 0.717) is 19.8 Å². The molecule has 0 spiro atoms. The maximum atomic E-state index is 12.4. The third kappa shape index (κ3) is 4.93. The number of piperazine rings is 1. The first kappa shape index (κ1) is 18.2. The normalized spacial score (nSPS) is 25.0. The van der Waals surface area contributed by atoms with E-state index in [1.807, 2.05) is 0 Å². The first-order chi connectivity index (χ1) is 12.2. The standard InChI is InChI=1S/C19H29N3O3/c1-15-4-3-5-16(12-15)22-9-7-21(8-10-22)13-19(23)20-17-14-25-11-6-18(17)24-2/h3-5,12,17-18H,6-11,13-14H2,1-2H3,(H,20,23)/t17-,18-/m1/s1. The van der Waals surface area contributed by atoms with Crippen molar-refractivity contribution in [3.05, 3.63) is 29.8 Å². The van der Waals surface area contributed by atoms with Gasteiger partial charge in [-0.25, -0.2) is 0 Å². The van der Waals surface area contributed by atoms with E-state index >= 15 is 0 Å². The molecular weight excluding hydrogens is 318 g/mol. The van der Waals surface area contributed by atoms with Gasteiger partial charge in [-0.3, -0.25) is 9.69 Å². The van der Waals surface area contributed by atoms with Gasteiger partial charge in [-0.1, -0.05) is 12.1 Å². The number of rotatable bonds is 5. The van der Waals surface area contributed by atoms with Crippen molar-refractivity contribution in [3.63, 3.8) is 0 Å². The fourth-order valence-electron chi connectivity index (χ4n) is 3.58. The van der Waals surface area contributed by atoms with Gasteiger partial charge in [0.25, 0.3) is 0 Å². The van der Waals surface area contributed by atoms with Crippen LogP contribution in [0.3, 0.4) is 0 Å². The molecule has 2 saturated heterocycles. The highest BCUT2D eigenvalue weighted by Gasteiger charge is 2.28. The number of methoxy groups -OCH3 is 1. The molecule has 1 amide bonds. The number of nitrogens with one attached hydrogen (secondary N) is 1. The van der Waals surface area contributed by atoms with E-state index in [1.165, 1.54) is 11.3 Å². The summed E-state index contributed by atoms with van der Waals surface area (Å²) < 4.78 is 10.9. The summed E-state index contributed by atoms with van der Waals surface area (Å²) in [6.07, 6.45) is 0.882. The van der Waals surface area contributed by atoms with Crippen molar-refractivity contribution in [2.24, 2.45) is 0 Å². The van der Waals surface area contributed by atoms with Crippen molar-refractivity contribution in [2.45, 2.75) is 25.5 Å². The summed E-state index contributed by atoms with van der Waals surface area (Å²) in [6.45, 7) is 7.48. The number of nitrogens with zero attached hydrogens (tertiary/aromatic N) is 2. The van der Waals surface area contributed by atoms with Crippen molar-refractivity contribution in [2.75, 3.05) is 57.9 Å². The Bertz CT molecular complexity index is 573. The van der Waals surface area contributed by atoms with Gasteiger partial charge in [-0.05, 0) is 31.0 Å². The third-order valence-electron chi connectivity index (χ3n) is 5.05. The van der Waals surface area contributed by atoms with Crippen LogP contribution in [0, 0.1) is 6.92 Å². The third-order valence-corrected chi connectivity index (χ3v) is 5.05. The molecule has 2 aliphatic rings. The Labute approximate surface area is 150 Å². The van der Waals surface area contributed by atoms with E-state index in [2.05, 4.69) is 46.3 Å². The lowest BCUT2D eigenvalue weighted by molar-refractivity contribution is -0.126. The minimum atomic E-state index is -0.0418. The van der Waals surface area contributed by atoms with Gasteiger partial charge in [0, 0.05) is 45.6 Å². The maximum absolute atomic E-state index is 12.4.